The lowest BCUT2D eigenvalue weighted by molar-refractivity contribution is 0.108. The van der Waals surface area contributed by atoms with Crippen molar-refractivity contribution in [3.05, 3.63) is 0 Å². The van der Waals surface area contributed by atoms with Gasteiger partial charge < -0.3 is 9.64 Å². The summed E-state index contributed by atoms with van der Waals surface area (Å²) in [6.45, 7) is 10.6. The van der Waals surface area contributed by atoms with Crippen LogP contribution in [0.1, 0.15) is 33.6 Å². The molecule has 0 N–H and O–H groups in total. The molecule has 0 radical (unpaired) electrons. The molecule has 0 aromatic carbocycles. The zero-order chi connectivity index (χ0) is 10.1. The van der Waals surface area contributed by atoms with Crippen molar-refractivity contribution in [2.45, 2.75) is 33.6 Å². The van der Waals surface area contributed by atoms with Gasteiger partial charge in [0.2, 0.25) is 0 Å². The van der Waals surface area contributed by atoms with Crippen molar-refractivity contribution in [1.82, 2.24) is 4.90 Å². The summed E-state index contributed by atoms with van der Waals surface area (Å²) in [5.74, 6) is 0.807. The van der Waals surface area contributed by atoms with Crippen LogP contribution in [0.4, 0.5) is 0 Å². The van der Waals surface area contributed by atoms with Crippen LogP contribution in [0.15, 0.2) is 0 Å². The van der Waals surface area contributed by atoms with E-state index >= 15 is 0 Å². The number of nitrogens with zero attached hydrogens (tertiary/aromatic N) is 1. The molecule has 0 bridgehead atoms. The Morgan fingerprint density at radius 1 is 1.23 bits per heavy atom. The van der Waals surface area contributed by atoms with Gasteiger partial charge in [0.15, 0.2) is 0 Å². The molecule has 0 aromatic rings. The molecular formula is C11H25NO. The van der Waals surface area contributed by atoms with Crippen LogP contribution in [-0.4, -0.2) is 38.3 Å². The molecule has 0 amide bonds. The van der Waals surface area contributed by atoms with Gasteiger partial charge in [-0.3, -0.25) is 0 Å². The molecule has 0 saturated carbocycles. The molecule has 2 heteroatoms. The van der Waals surface area contributed by atoms with Crippen LogP contribution in [0, 0.1) is 5.92 Å². The van der Waals surface area contributed by atoms with Crippen LogP contribution in [0.25, 0.3) is 0 Å². The Morgan fingerprint density at radius 3 is 2.46 bits per heavy atom. The first-order valence-corrected chi connectivity index (χ1v) is 5.43. The van der Waals surface area contributed by atoms with Crippen LogP contribution in [0.5, 0.6) is 0 Å². The minimum atomic E-state index is 0.807. The van der Waals surface area contributed by atoms with Crippen molar-refractivity contribution in [3.63, 3.8) is 0 Å². The second kappa shape index (κ2) is 8.52. The van der Waals surface area contributed by atoms with Crippen LogP contribution < -0.4 is 0 Å². The van der Waals surface area contributed by atoms with E-state index in [1.807, 2.05) is 0 Å². The largest absolute Gasteiger partial charge is 0.380 e. The van der Waals surface area contributed by atoms with Gasteiger partial charge in [-0.2, -0.15) is 0 Å². The highest BCUT2D eigenvalue weighted by atomic mass is 16.5. The maximum Gasteiger partial charge on any atom is 0.0593 e. The van der Waals surface area contributed by atoms with Crippen LogP contribution in [0.3, 0.4) is 0 Å². The molecule has 0 spiro atoms. The van der Waals surface area contributed by atoms with Gasteiger partial charge in [-0.15, -0.1) is 0 Å². The summed E-state index contributed by atoms with van der Waals surface area (Å²) in [5.41, 5.74) is 0. The number of hydrogen-bond acceptors (Lipinski definition) is 2. The molecule has 0 aliphatic rings. The summed E-state index contributed by atoms with van der Waals surface area (Å²) in [6.07, 6.45) is 2.48. The van der Waals surface area contributed by atoms with Crippen molar-refractivity contribution in [1.29, 1.82) is 0 Å². The Labute approximate surface area is 83.3 Å². The van der Waals surface area contributed by atoms with Gasteiger partial charge in [-0.05, 0) is 32.4 Å². The quantitative estimate of drug-likeness (QED) is 0.541. The summed E-state index contributed by atoms with van der Waals surface area (Å²) in [7, 11) is 2.12. The first-order chi connectivity index (χ1) is 6.16. The van der Waals surface area contributed by atoms with E-state index in [9.17, 15) is 0 Å². The molecule has 0 unspecified atom stereocenters. The summed E-state index contributed by atoms with van der Waals surface area (Å²) in [4.78, 5) is 2.27. The Bertz CT molecular complexity index is 104. The Balaban J connectivity index is 2.99. The monoisotopic (exact) mass is 187 g/mol. The van der Waals surface area contributed by atoms with Crippen molar-refractivity contribution in [2.75, 3.05) is 33.4 Å². The number of ether oxygens (including phenoxy) is 1. The predicted molar refractivity (Wildman–Crippen MR) is 58.1 cm³/mol. The number of hydrogen-bond donors (Lipinski definition) is 0. The van der Waals surface area contributed by atoms with Crippen LogP contribution in [-0.2, 0) is 4.74 Å². The van der Waals surface area contributed by atoms with Crippen LogP contribution in [0.2, 0.25) is 0 Å². The Kier molecular flexibility index (Phi) is 8.46. The third-order valence-corrected chi connectivity index (χ3v) is 2.23. The van der Waals surface area contributed by atoms with E-state index in [0.29, 0.717) is 0 Å². The summed E-state index contributed by atoms with van der Waals surface area (Å²) in [5, 5.41) is 0. The van der Waals surface area contributed by atoms with Gasteiger partial charge >= 0.3 is 0 Å². The maximum atomic E-state index is 5.51. The number of likely N-dealkylation sites (N-methyl/N-ethyl adjacent to an activating group) is 1. The lowest BCUT2D eigenvalue weighted by Crippen LogP contribution is -2.22. The Morgan fingerprint density at radius 2 is 1.92 bits per heavy atom. The average molecular weight is 187 g/mol. The van der Waals surface area contributed by atoms with Gasteiger partial charge in [0.25, 0.3) is 0 Å². The third kappa shape index (κ3) is 9.84. The maximum absolute atomic E-state index is 5.51. The first-order valence-electron chi connectivity index (χ1n) is 5.43. The van der Waals surface area contributed by atoms with Crippen molar-refractivity contribution < 1.29 is 4.74 Å². The fourth-order valence-electron chi connectivity index (χ4n) is 1.07. The molecule has 0 heterocycles. The van der Waals surface area contributed by atoms with E-state index in [4.69, 9.17) is 4.74 Å². The zero-order valence-electron chi connectivity index (χ0n) is 9.68. The highest BCUT2D eigenvalue weighted by molar-refractivity contribution is 4.47. The topological polar surface area (TPSA) is 12.5 Å². The van der Waals surface area contributed by atoms with Crippen molar-refractivity contribution in [3.8, 4) is 0 Å². The predicted octanol–water partition coefficient (Wildman–Crippen LogP) is 2.39. The van der Waals surface area contributed by atoms with Crippen molar-refractivity contribution >= 4 is 0 Å². The highest BCUT2D eigenvalue weighted by Gasteiger charge is 1.95. The van der Waals surface area contributed by atoms with E-state index in [1.165, 1.54) is 12.8 Å². The van der Waals surface area contributed by atoms with Gasteiger partial charge in [-0.25, -0.2) is 0 Å². The average Bonchev–Trinajstić information content (AvgIpc) is 2.10. The lowest BCUT2D eigenvalue weighted by Gasteiger charge is -2.13. The molecule has 0 rings (SSSR count). The van der Waals surface area contributed by atoms with E-state index in [0.717, 1.165) is 32.2 Å². The molecule has 2 nitrogen and oxygen atoms in total. The third-order valence-electron chi connectivity index (χ3n) is 2.23. The van der Waals surface area contributed by atoms with Gasteiger partial charge in [0, 0.05) is 13.2 Å². The fourth-order valence-corrected chi connectivity index (χ4v) is 1.07. The molecule has 0 atom stereocenters. The smallest absolute Gasteiger partial charge is 0.0593 e. The molecule has 80 valence electrons. The van der Waals surface area contributed by atoms with Gasteiger partial charge in [-0.1, -0.05) is 20.8 Å². The Hall–Kier alpha value is -0.0800. The second-order valence-corrected chi connectivity index (χ2v) is 4.04. The zero-order valence-corrected chi connectivity index (χ0v) is 9.68. The molecule has 0 fully saturated rings. The molecule has 0 saturated heterocycles. The molecule has 0 aromatic heterocycles. The summed E-state index contributed by atoms with van der Waals surface area (Å²) < 4.78 is 5.51. The van der Waals surface area contributed by atoms with E-state index in [2.05, 4.69) is 32.7 Å². The minimum absolute atomic E-state index is 0.807. The van der Waals surface area contributed by atoms with Crippen molar-refractivity contribution in [2.24, 2.45) is 5.92 Å². The van der Waals surface area contributed by atoms with Crippen LogP contribution >= 0.6 is 0 Å². The second-order valence-electron chi connectivity index (χ2n) is 4.04. The summed E-state index contributed by atoms with van der Waals surface area (Å²) in [6, 6.07) is 0. The van der Waals surface area contributed by atoms with Gasteiger partial charge in [0.1, 0.15) is 0 Å². The normalized spacial score (nSPS) is 11.5. The standard InChI is InChI=1S/C11H25NO/c1-5-12(4)8-10-13-9-6-7-11(2)3/h11H,5-10H2,1-4H3. The van der Waals surface area contributed by atoms with E-state index < -0.39 is 0 Å². The van der Waals surface area contributed by atoms with Gasteiger partial charge in [0.05, 0.1) is 6.61 Å². The SMILES string of the molecule is CCN(C)CCOCCCC(C)C. The first kappa shape index (κ1) is 12.9. The lowest BCUT2D eigenvalue weighted by atomic mass is 10.1. The van der Waals surface area contributed by atoms with E-state index in [-0.39, 0.29) is 0 Å². The molecule has 0 aliphatic carbocycles. The fraction of sp³-hybridized carbons (Fsp3) is 1.00. The molecule has 0 aliphatic heterocycles. The highest BCUT2D eigenvalue weighted by Crippen LogP contribution is 2.02. The van der Waals surface area contributed by atoms with E-state index in [1.54, 1.807) is 0 Å². The molecule has 13 heavy (non-hydrogen) atoms. The number of rotatable bonds is 8. The molecular weight excluding hydrogens is 162 g/mol. The summed E-state index contributed by atoms with van der Waals surface area (Å²) >= 11 is 0. The minimum Gasteiger partial charge on any atom is -0.380 e.